The number of rotatable bonds is 4. The number of primary amides is 1. The van der Waals surface area contributed by atoms with E-state index in [0.29, 0.717) is 18.0 Å². The summed E-state index contributed by atoms with van der Waals surface area (Å²) >= 11 is 0. The summed E-state index contributed by atoms with van der Waals surface area (Å²) in [5.74, 6) is -5.38. The molecule has 2 aromatic rings. The molecular weight excluding hydrogens is 477 g/mol. The molecule has 2 aliphatic heterocycles. The quantitative estimate of drug-likeness (QED) is 0.558. The fraction of sp³-hybridized carbons (Fsp3) is 0.519. The number of carbonyl (C=O) groups excluding carboxylic acids is 1. The lowest BCUT2D eigenvalue weighted by atomic mass is 9.78. The van der Waals surface area contributed by atoms with E-state index in [1.807, 2.05) is 0 Å². The average molecular weight is 510 g/mol. The Kier molecular flexibility index (Phi) is 7.99. The van der Waals surface area contributed by atoms with Gasteiger partial charge in [0.1, 0.15) is 17.5 Å². The Morgan fingerprint density at radius 1 is 1.03 bits per heavy atom. The molecule has 1 amide bonds. The summed E-state index contributed by atoms with van der Waals surface area (Å²) in [6.45, 7) is 3.16. The maximum atomic E-state index is 14.1. The maximum Gasteiger partial charge on any atom is 0.249 e. The van der Waals surface area contributed by atoms with Crippen molar-refractivity contribution in [2.75, 3.05) is 19.6 Å². The third kappa shape index (κ3) is 6.42. The number of piperidine rings is 1. The molecule has 0 aromatic heterocycles. The van der Waals surface area contributed by atoms with Crippen molar-refractivity contribution in [1.29, 1.82) is 0 Å². The number of hydrogen-bond acceptors (Lipinski definition) is 3. The first-order chi connectivity index (χ1) is 17.1. The molecule has 3 N–H and O–H groups in total. The van der Waals surface area contributed by atoms with Crippen LogP contribution in [0.1, 0.15) is 50.5 Å². The highest BCUT2D eigenvalue weighted by atomic mass is 19.3. The van der Waals surface area contributed by atoms with Crippen LogP contribution < -0.4 is 11.1 Å². The second-order valence-corrected chi connectivity index (χ2v) is 10.2. The zero-order valence-corrected chi connectivity index (χ0v) is 20.1. The second kappa shape index (κ2) is 10.8. The van der Waals surface area contributed by atoms with Gasteiger partial charge in [-0.2, -0.15) is 0 Å². The molecule has 4 nitrogen and oxygen atoms in total. The highest BCUT2D eigenvalue weighted by Crippen LogP contribution is 2.38. The predicted octanol–water partition coefficient (Wildman–Crippen LogP) is 5.19. The smallest absolute Gasteiger partial charge is 0.249 e. The molecule has 1 aliphatic carbocycles. The number of benzene rings is 2. The van der Waals surface area contributed by atoms with Crippen molar-refractivity contribution < 1.29 is 26.7 Å². The fourth-order valence-electron chi connectivity index (χ4n) is 5.52. The Balaban J connectivity index is 0.000000170. The number of likely N-dealkylation sites (tertiary alicyclic amines) is 1. The zero-order valence-electron chi connectivity index (χ0n) is 20.1. The van der Waals surface area contributed by atoms with Gasteiger partial charge in [-0.3, -0.25) is 4.79 Å². The van der Waals surface area contributed by atoms with Crippen molar-refractivity contribution in [2.45, 2.75) is 68.9 Å². The summed E-state index contributed by atoms with van der Waals surface area (Å²) in [4.78, 5) is 13.1. The van der Waals surface area contributed by atoms with Crippen LogP contribution in [0.2, 0.25) is 0 Å². The van der Waals surface area contributed by atoms with Gasteiger partial charge in [0.15, 0.2) is 0 Å². The Morgan fingerprint density at radius 3 is 2.25 bits per heavy atom. The van der Waals surface area contributed by atoms with E-state index in [-0.39, 0.29) is 42.0 Å². The Bertz CT molecular complexity index is 1060. The summed E-state index contributed by atoms with van der Waals surface area (Å²) in [5.41, 5.74) is 5.58. The van der Waals surface area contributed by atoms with Gasteiger partial charge in [-0.1, -0.05) is 18.2 Å². The molecule has 1 saturated carbocycles. The van der Waals surface area contributed by atoms with Gasteiger partial charge in [0, 0.05) is 49.1 Å². The minimum Gasteiger partial charge on any atom is -0.369 e. The monoisotopic (exact) mass is 509 g/mol. The Labute approximate surface area is 208 Å². The van der Waals surface area contributed by atoms with Crippen molar-refractivity contribution >= 4 is 5.91 Å². The largest absolute Gasteiger partial charge is 0.369 e. The molecule has 0 bridgehead atoms. The van der Waals surface area contributed by atoms with E-state index >= 15 is 0 Å². The van der Waals surface area contributed by atoms with Crippen molar-refractivity contribution in [1.82, 2.24) is 10.2 Å². The molecule has 1 spiro atoms. The summed E-state index contributed by atoms with van der Waals surface area (Å²) in [6.07, 6.45) is 5.16. The topological polar surface area (TPSA) is 58.4 Å². The lowest BCUT2D eigenvalue weighted by molar-refractivity contribution is -0.117. The molecule has 1 atom stereocenters. The number of alkyl halides is 2. The fourth-order valence-corrected chi connectivity index (χ4v) is 5.52. The van der Waals surface area contributed by atoms with Crippen LogP contribution in [0.5, 0.6) is 0 Å². The Morgan fingerprint density at radius 2 is 1.69 bits per heavy atom. The van der Waals surface area contributed by atoms with Gasteiger partial charge < -0.3 is 16.0 Å². The van der Waals surface area contributed by atoms with E-state index in [4.69, 9.17) is 5.73 Å². The molecule has 2 aromatic carbocycles. The van der Waals surface area contributed by atoms with E-state index < -0.39 is 29.3 Å². The number of amides is 1. The summed E-state index contributed by atoms with van der Waals surface area (Å²) < 4.78 is 67.2. The van der Waals surface area contributed by atoms with Gasteiger partial charge in [0.25, 0.3) is 0 Å². The number of nitrogens with one attached hydrogen (secondary N) is 1. The van der Waals surface area contributed by atoms with Crippen LogP contribution in [-0.2, 0) is 11.2 Å². The van der Waals surface area contributed by atoms with Crippen LogP contribution in [0.15, 0.2) is 36.4 Å². The molecule has 36 heavy (non-hydrogen) atoms. The SMILES string of the molecule is FC1(F)CCCC(N2CCC3(CCN3)CC2)C1.NC(=O)Cc1cccc(-c2cc(F)cc(F)c2)c1F. The van der Waals surface area contributed by atoms with Gasteiger partial charge >= 0.3 is 0 Å². The van der Waals surface area contributed by atoms with Crippen LogP contribution >= 0.6 is 0 Å². The van der Waals surface area contributed by atoms with Crippen LogP contribution in [0.25, 0.3) is 11.1 Å². The van der Waals surface area contributed by atoms with Gasteiger partial charge in [-0.25, -0.2) is 22.0 Å². The number of nitrogens with two attached hydrogens (primary N) is 1. The number of halogens is 5. The molecular formula is C27H32F5N3O. The molecule has 2 saturated heterocycles. The summed E-state index contributed by atoms with van der Waals surface area (Å²) in [5, 5.41) is 3.53. The van der Waals surface area contributed by atoms with E-state index in [2.05, 4.69) is 10.2 Å². The standard InChI is InChI=1S/C14H10F3NO.C13H22F2N2/c15-10-4-9(5-11(16)7-10)12-3-1-2-8(14(12)17)6-13(18)19;14-13(15)3-1-2-11(10-13)17-8-5-12(6-9-17)4-7-16-12/h1-5,7H,6H2,(H2,18,19);11,16H,1-10H2. The first kappa shape index (κ1) is 26.5. The number of hydrogen-bond donors (Lipinski definition) is 2. The first-order valence-corrected chi connectivity index (χ1v) is 12.4. The van der Waals surface area contributed by atoms with E-state index in [1.54, 1.807) is 0 Å². The van der Waals surface area contributed by atoms with E-state index in [0.717, 1.165) is 51.0 Å². The highest BCUT2D eigenvalue weighted by Gasteiger charge is 2.43. The van der Waals surface area contributed by atoms with Gasteiger partial charge in [-0.05, 0) is 61.9 Å². The van der Waals surface area contributed by atoms with Crippen molar-refractivity contribution in [3.63, 3.8) is 0 Å². The molecule has 5 rings (SSSR count). The van der Waals surface area contributed by atoms with Gasteiger partial charge in [0.2, 0.25) is 11.8 Å². The first-order valence-electron chi connectivity index (χ1n) is 12.4. The molecule has 1 unspecified atom stereocenters. The maximum absolute atomic E-state index is 14.1. The van der Waals surface area contributed by atoms with Gasteiger partial charge in [-0.15, -0.1) is 0 Å². The van der Waals surface area contributed by atoms with Crippen LogP contribution in [0.4, 0.5) is 22.0 Å². The predicted molar refractivity (Wildman–Crippen MR) is 128 cm³/mol. The lowest BCUT2D eigenvalue weighted by Gasteiger charge is -2.51. The minimum absolute atomic E-state index is 0.0251. The normalized spacial score (nSPS) is 22.9. The van der Waals surface area contributed by atoms with E-state index in [9.17, 15) is 26.7 Å². The second-order valence-electron chi connectivity index (χ2n) is 10.2. The zero-order chi connectivity index (χ0) is 25.9. The highest BCUT2D eigenvalue weighted by molar-refractivity contribution is 5.77. The molecule has 2 heterocycles. The molecule has 196 valence electrons. The minimum atomic E-state index is -2.41. The van der Waals surface area contributed by atoms with E-state index in [1.165, 1.54) is 24.6 Å². The third-order valence-corrected chi connectivity index (χ3v) is 7.61. The molecule has 3 aliphatic rings. The average Bonchev–Trinajstić information content (AvgIpc) is 2.78. The van der Waals surface area contributed by atoms with Crippen LogP contribution in [0.3, 0.4) is 0 Å². The summed E-state index contributed by atoms with van der Waals surface area (Å²) in [6, 6.07) is 7.17. The summed E-state index contributed by atoms with van der Waals surface area (Å²) in [7, 11) is 0. The number of carbonyl (C=O) groups is 1. The van der Waals surface area contributed by atoms with Crippen molar-refractivity contribution in [2.24, 2.45) is 5.73 Å². The molecule has 3 fully saturated rings. The van der Waals surface area contributed by atoms with Crippen LogP contribution in [-0.4, -0.2) is 47.9 Å². The van der Waals surface area contributed by atoms with Crippen LogP contribution in [0, 0.1) is 17.5 Å². The third-order valence-electron chi connectivity index (χ3n) is 7.61. The van der Waals surface area contributed by atoms with Crippen molar-refractivity contribution in [3.8, 4) is 11.1 Å². The molecule has 9 heteroatoms. The number of nitrogens with zero attached hydrogens (tertiary/aromatic N) is 1. The Hall–Kier alpha value is -2.52. The molecule has 0 radical (unpaired) electrons. The van der Waals surface area contributed by atoms with Crippen molar-refractivity contribution in [3.05, 3.63) is 59.4 Å². The lowest BCUT2D eigenvalue weighted by Crippen LogP contribution is -2.63. The van der Waals surface area contributed by atoms with Gasteiger partial charge in [0.05, 0.1) is 6.42 Å².